The molecule has 0 aliphatic rings. The monoisotopic (exact) mass is 211 g/mol. The van der Waals surface area contributed by atoms with Crippen molar-refractivity contribution in [1.29, 1.82) is 0 Å². The van der Waals surface area contributed by atoms with Crippen molar-refractivity contribution in [3.63, 3.8) is 0 Å². The van der Waals surface area contributed by atoms with Crippen LogP contribution in [0.3, 0.4) is 0 Å². The van der Waals surface area contributed by atoms with Gasteiger partial charge in [0.2, 0.25) is 0 Å². The first-order valence-corrected chi connectivity index (χ1v) is 5.41. The molecule has 0 saturated heterocycles. The van der Waals surface area contributed by atoms with Crippen molar-refractivity contribution >= 4 is 0 Å². The number of hydrogen-bond acceptors (Lipinski definition) is 3. The highest BCUT2D eigenvalue weighted by molar-refractivity contribution is 4.96. The minimum Gasteiger partial charge on any atom is -0.389 e. The summed E-state index contributed by atoms with van der Waals surface area (Å²) in [4.78, 5) is 0. The summed E-state index contributed by atoms with van der Waals surface area (Å²) in [5, 5.41) is 20.0. The molecule has 0 aliphatic heterocycles. The van der Waals surface area contributed by atoms with Gasteiger partial charge in [-0.05, 0) is 25.3 Å². The second-order valence-electron chi connectivity index (χ2n) is 4.78. The fraction of sp³-hybridized carbons (Fsp3) is 0.727. The second-order valence-corrected chi connectivity index (χ2v) is 4.78. The Hall–Kier alpha value is -0.870. The van der Waals surface area contributed by atoms with Crippen LogP contribution >= 0.6 is 0 Å². The summed E-state index contributed by atoms with van der Waals surface area (Å²) in [7, 11) is 0. The van der Waals surface area contributed by atoms with Gasteiger partial charge in [-0.15, -0.1) is 0 Å². The number of aliphatic hydroxyl groups is 1. The molecule has 4 nitrogen and oxygen atoms in total. The highest BCUT2D eigenvalue weighted by Gasteiger charge is 2.20. The van der Waals surface area contributed by atoms with E-state index in [4.69, 9.17) is 0 Å². The zero-order chi connectivity index (χ0) is 11.3. The minimum absolute atomic E-state index is 0.508. The number of rotatable bonds is 6. The third-order valence-electron chi connectivity index (χ3n) is 2.23. The predicted molar refractivity (Wildman–Crippen MR) is 60.4 cm³/mol. The largest absolute Gasteiger partial charge is 0.389 e. The van der Waals surface area contributed by atoms with Crippen LogP contribution in [0.15, 0.2) is 12.3 Å². The molecule has 0 radical (unpaired) electrons. The third kappa shape index (κ3) is 4.95. The number of aromatic nitrogens is 2. The third-order valence-corrected chi connectivity index (χ3v) is 2.23. The molecule has 1 heterocycles. The first kappa shape index (κ1) is 12.2. The number of hydrogen-bond donors (Lipinski definition) is 3. The van der Waals surface area contributed by atoms with Crippen LogP contribution in [0.1, 0.15) is 32.9 Å². The van der Waals surface area contributed by atoms with Gasteiger partial charge in [0.25, 0.3) is 0 Å². The summed E-state index contributed by atoms with van der Waals surface area (Å²) in [5.41, 5.74) is 0.407. The number of nitrogens with zero attached hydrogens (tertiary/aromatic N) is 1. The van der Waals surface area contributed by atoms with Crippen LogP contribution < -0.4 is 5.32 Å². The zero-order valence-corrected chi connectivity index (χ0v) is 9.75. The van der Waals surface area contributed by atoms with Crippen molar-refractivity contribution in [3.05, 3.63) is 18.0 Å². The van der Waals surface area contributed by atoms with Crippen molar-refractivity contribution in [2.45, 2.75) is 39.3 Å². The van der Waals surface area contributed by atoms with E-state index in [2.05, 4.69) is 29.4 Å². The fourth-order valence-corrected chi connectivity index (χ4v) is 1.80. The highest BCUT2D eigenvalue weighted by atomic mass is 16.3. The maximum atomic E-state index is 10.0. The van der Waals surface area contributed by atoms with E-state index in [1.807, 2.05) is 13.0 Å². The first-order chi connectivity index (χ1) is 6.99. The van der Waals surface area contributed by atoms with Gasteiger partial charge < -0.3 is 10.4 Å². The Morgan fingerprint density at radius 2 is 2.33 bits per heavy atom. The molecular formula is C11H21N3O. The smallest absolute Gasteiger partial charge is 0.0746 e. The van der Waals surface area contributed by atoms with Crippen LogP contribution in [-0.2, 0) is 6.54 Å². The number of nitrogens with one attached hydrogen (secondary N) is 2. The van der Waals surface area contributed by atoms with Crippen molar-refractivity contribution < 1.29 is 5.11 Å². The fourth-order valence-electron chi connectivity index (χ4n) is 1.80. The van der Waals surface area contributed by atoms with Crippen LogP contribution in [0.4, 0.5) is 0 Å². The molecule has 1 aromatic rings. The molecule has 1 rings (SSSR count). The van der Waals surface area contributed by atoms with Gasteiger partial charge in [0.05, 0.1) is 5.60 Å². The highest BCUT2D eigenvalue weighted by Crippen LogP contribution is 2.15. The van der Waals surface area contributed by atoms with Crippen LogP contribution in [-0.4, -0.2) is 27.4 Å². The molecule has 3 N–H and O–H groups in total. The number of H-pyrrole nitrogens is 1. The topological polar surface area (TPSA) is 60.9 Å². The van der Waals surface area contributed by atoms with E-state index in [1.54, 1.807) is 6.20 Å². The Bertz CT molecular complexity index is 267. The Labute approximate surface area is 91.1 Å². The standard InChI is InChI=1S/C11H21N3O/c1-9(2)6-11(3,15)8-12-7-10-4-5-13-14-10/h4-5,9,12,15H,6-8H2,1-3H3,(H,13,14). The lowest BCUT2D eigenvalue weighted by molar-refractivity contribution is 0.0382. The van der Waals surface area contributed by atoms with E-state index in [-0.39, 0.29) is 0 Å². The van der Waals surface area contributed by atoms with E-state index in [1.165, 1.54) is 0 Å². The molecule has 4 heteroatoms. The molecule has 0 fully saturated rings. The van der Waals surface area contributed by atoms with Gasteiger partial charge in [0.15, 0.2) is 0 Å². The molecule has 0 saturated carbocycles. The zero-order valence-electron chi connectivity index (χ0n) is 9.75. The quantitative estimate of drug-likeness (QED) is 0.664. The summed E-state index contributed by atoms with van der Waals surface area (Å²) in [6.45, 7) is 7.41. The molecule has 0 aliphatic carbocycles. The van der Waals surface area contributed by atoms with Gasteiger partial charge in [0, 0.05) is 25.0 Å². The van der Waals surface area contributed by atoms with Crippen molar-refractivity contribution in [3.8, 4) is 0 Å². The van der Waals surface area contributed by atoms with Gasteiger partial charge in [-0.2, -0.15) is 5.10 Å². The Morgan fingerprint density at radius 1 is 1.60 bits per heavy atom. The van der Waals surface area contributed by atoms with Crippen LogP contribution in [0.5, 0.6) is 0 Å². The van der Waals surface area contributed by atoms with Gasteiger partial charge in [0.1, 0.15) is 0 Å². The lowest BCUT2D eigenvalue weighted by Gasteiger charge is -2.25. The molecule has 0 spiro atoms. The van der Waals surface area contributed by atoms with Gasteiger partial charge >= 0.3 is 0 Å². The van der Waals surface area contributed by atoms with Crippen molar-refractivity contribution in [2.24, 2.45) is 5.92 Å². The molecule has 1 atom stereocenters. The molecule has 86 valence electrons. The summed E-state index contributed by atoms with van der Waals surface area (Å²) in [6.07, 6.45) is 2.53. The van der Waals surface area contributed by atoms with Gasteiger partial charge in [-0.1, -0.05) is 13.8 Å². The molecular weight excluding hydrogens is 190 g/mol. The SMILES string of the molecule is CC(C)CC(C)(O)CNCc1ccn[nH]1. The van der Waals surface area contributed by atoms with Crippen molar-refractivity contribution in [1.82, 2.24) is 15.5 Å². The van der Waals surface area contributed by atoms with Crippen molar-refractivity contribution in [2.75, 3.05) is 6.54 Å². The molecule has 1 aromatic heterocycles. The summed E-state index contributed by atoms with van der Waals surface area (Å²) >= 11 is 0. The summed E-state index contributed by atoms with van der Waals surface area (Å²) in [5.74, 6) is 0.508. The minimum atomic E-state index is -0.631. The Morgan fingerprint density at radius 3 is 2.87 bits per heavy atom. The average Bonchev–Trinajstić information content (AvgIpc) is 2.53. The Balaban J connectivity index is 2.24. The molecule has 0 amide bonds. The normalized spacial score (nSPS) is 15.5. The second kappa shape index (κ2) is 5.28. The van der Waals surface area contributed by atoms with E-state index in [0.717, 1.165) is 12.1 Å². The van der Waals surface area contributed by atoms with Crippen LogP contribution in [0.2, 0.25) is 0 Å². The van der Waals surface area contributed by atoms with Gasteiger partial charge in [-0.25, -0.2) is 0 Å². The summed E-state index contributed by atoms with van der Waals surface area (Å²) in [6, 6.07) is 1.92. The lowest BCUT2D eigenvalue weighted by Crippen LogP contribution is -2.38. The number of aromatic amines is 1. The average molecular weight is 211 g/mol. The maximum absolute atomic E-state index is 10.0. The Kier molecular flexibility index (Phi) is 4.29. The van der Waals surface area contributed by atoms with E-state index >= 15 is 0 Å². The molecule has 0 aromatic carbocycles. The molecule has 1 unspecified atom stereocenters. The lowest BCUT2D eigenvalue weighted by atomic mass is 9.94. The van der Waals surface area contributed by atoms with Gasteiger partial charge in [-0.3, -0.25) is 5.10 Å². The maximum Gasteiger partial charge on any atom is 0.0746 e. The van der Waals surface area contributed by atoms with Crippen LogP contribution in [0.25, 0.3) is 0 Å². The molecule has 15 heavy (non-hydrogen) atoms. The van der Waals surface area contributed by atoms with E-state index in [9.17, 15) is 5.11 Å². The first-order valence-electron chi connectivity index (χ1n) is 5.41. The summed E-state index contributed by atoms with van der Waals surface area (Å²) < 4.78 is 0. The molecule has 0 bridgehead atoms. The van der Waals surface area contributed by atoms with E-state index in [0.29, 0.717) is 19.0 Å². The van der Waals surface area contributed by atoms with Crippen LogP contribution in [0, 0.1) is 5.92 Å². The predicted octanol–water partition coefficient (Wildman–Crippen LogP) is 1.30. The van der Waals surface area contributed by atoms with E-state index < -0.39 is 5.60 Å².